The molecule has 2 aromatic carbocycles. The fourth-order valence-corrected chi connectivity index (χ4v) is 3.98. The lowest BCUT2D eigenvalue weighted by molar-refractivity contribution is -0.122. The Labute approximate surface area is 156 Å². The zero-order valence-corrected chi connectivity index (χ0v) is 15.4. The highest BCUT2D eigenvalue weighted by Crippen LogP contribution is 2.38. The molecule has 0 bridgehead atoms. The van der Waals surface area contributed by atoms with E-state index < -0.39 is 0 Å². The topological polar surface area (TPSA) is 49.4 Å². The van der Waals surface area contributed by atoms with Crippen molar-refractivity contribution >= 4 is 46.6 Å². The third kappa shape index (κ3) is 4.55. The summed E-state index contributed by atoms with van der Waals surface area (Å²) in [6, 6.07) is 14.8. The second kappa shape index (κ2) is 7.93. The van der Waals surface area contributed by atoms with Crippen LogP contribution in [0.5, 0.6) is 0 Å². The Bertz CT molecular complexity index is 779. The van der Waals surface area contributed by atoms with Gasteiger partial charge in [0.05, 0.1) is 5.69 Å². The Morgan fingerprint density at radius 1 is 1.16 bits per heavy atom. The SMILES string of the molecule is C[C@@H]1CN(C(=O)CCC(=O)Nc2ccc(Cl)cc2)c2ccccc2S1. The van der Waals surface area contributed by atoms with Crippen LogP contribution in [-0.4, -0.2) is 23.6 Å². The summed E-state index contributed by atoms with van der Waals surface area (Å²) in [5, 5.41) is 3.73. The second-order valence-electron chi connectivity index (χ2n) is 5.96. The maximum Gasteiger partial charge on any atom is 0.227 e. The molecule has 0 aliphatic carbocycles. The van der Waals surface area contributed by atoms with Gasteiger partial charge in [0, 0.05) is 40.2 Å². The van der Waals surface area contributed by atoms with Crippen LogP contribution in [0.4, 0.5) is 11.4 Å². The highest BCUT2D eigenvalue weighted by molar-refractivity contribution is 8.00. The van der Waals surface area contributed by atoms with Gasteiger partial charge >= 0.3 is 0 Å². The van der Waals surface area contributed by atoms with Crippen molar-refractivity contribution in [1.82, 2.24) is 0 Å². The number of benzene rings is 2. The highest BCUT2D eigenvalue weighted by Gasteiger charge is 2.26. The molecule has 1 N–H and O–H groups in total. The summed E-state index contributed by atoms with van der Waals surface area (Å²) in [7, 11) is 0. The van der Waals surface area contributed by atoms with Crippen molar-refractivity contribution in [1.29, 1.82) is 0 Å². The van der Waals surface area contributed by atoms with Crippen LogP contribution in [-0.2, 0) is 9.59 Å². The van der Waals surface area contributed by atoms with Crippen LogP contribution in [0.15, 0.2) is 53.4 Å². The van der Waals surface area contributed by atoms with Crippen LogP contribution < -0.4 is 10.2 Å². The van der Waals surface area contributed by atoms with Gasteiger partial charge in [-0.15, -0.1) is 11.8 Å². The lowest BCUT2D eigenvalue weighted by Gasteiger charge is -2.32. The predicted molar refractivity (Wildman–Crippen MR) is 103 cm³/mol. The summed E-state index contributed by atoms with van der Waals surface area (Å²) in [5.74, 6) is -0.200. The highest BCUT2D eigenvalue weighted by atomic mass is 35.5. The smallest absolute Gasteiger partial charge is 0.227 e. The summed E-state index contributed by atoms with van der Waals surface area (Å²) in [6.07, 6.45) is 0.340. The van der Waals surface area contributed by atoms with Crippen molar-refractivity contribution in [2.45, 2.75) is 29.9 Å². The molecule has 6 heteroatoms. The van der Waals surface area contributed by atoms with E-state index in [9.17, 15) is 9.59 Å². The average Bonchev–Trinajstić information content (AvgIpc) is 2.61. The van der Waals surface area contributed by atoms with Gasteiger partial charge in [0.1, 0.15) is 0 Å². The molecule has 0 aromatic heterocycles. The predicted octanol–water partition coefficient (Wildman–Crippen LogP) is 4.59. The van der Waals surface area contributed by atoms with Crippen LogP contribution in [0.1, 0.15) is 19.8 Å². The maximum atomic E-state index is 12.6. The van der Waals surface area contributed by atoms with Crippen molar-refractivity contribution < 1.29 is 9.59 Å². The van der Waals surface area contributed by atoms with Gasteiger partial charge in [0.2, 0.25) is 11.8 Å². The molecule has 25 heavy (non-hydrogen) atoms. The number of nitrogens with one attached hydrogen (secondary N) is 1. The number of carbonyl (C=O) groups excluding carboxylic acids is 2. The summed E-state index contributed by atoms with van der Waals surface area (Å²) in [4.78, 5) is 27.6. The number of rotatable bonds is 4. The molecule has 4 nitrogen and oxygen atoms in total. The third-order valence-electron chi connectivity index (χ3n) is 3.92. The van der Waals surface area contributed by atoms with E-state index >= 15 is 0 Å². The standard InChI is InChI=1S/C19H19ClN2O2S/c1-13-12-22(16-4-2-3-5-17(16)25-13)19(24)11-10-18(23)21-15-8-6-14(20)7-9-15/h2-9,13H,10-12H2,1H3,(H,21,23)/t13-/m1/s1. The van der Waals surface area contributed by atoms with Gasteiger partial charge in [-0.3, -0.25) is 9.59 Å². The first-order valence-electron chi connectivity index (χ1n) is 8.14. The number of anilines is 2. The van der Waals surface area contributed by atoms with E-state index in [1.54, 1.807) is 40.9 Å². The third-order valence-corrected chi connectivity index (χ3v) is 5.32. The molecule has 0 saturated heterocycles. The van der Waals surface area contributed by atoms with Gasteiger partial charge in [0.15, 0.2) is 0 Å². The first-order chi connectivity index (χ1) is 12.0. The average molecular weight is 375 g/mol. The molecule has 130 valence electrons. The monoisotopic (exact) mass is 374 g/mol. The van der Waals surface area contributed by atoms with Crippen LogP contribution in [0.3, 0.4) is 0 Å². The van der Waals surface area contributed by atoms with Crippen molar-refractivity contribution in [3.8, 4) is 0 Å². The van der Waals surface area contributed by atoms with Crippen LogP contribution >= 0.6 is 23.4 Å². The van der Waals surface area contributed by atoms with Gasteiger partial charge in [-0.2, -0.15) is 0 Å². The number of carbonyl (C=O) groups is 2. The summed E-state index contributed by atoms with van der Waals surface area (Å²) < 4.78 is 0. The van der Waals surface area contributed by atoms with Crippen molar-refractivity contribution in [3.05, 3.63) is 53.6 Å². The molecule has 1 aliphatic rings. The van der Waals surface area contributed by atoms with E-state index in [0.717, 1.165) is 10.6 Å². The molecular weight excluding hydrogens is 356 g/mol. The summed E-state index contributed by atoms with van der Waals surface area (Å²) >= 11 is 7.60. The van der Waals surface area contributed by atoms with Gasteiger partial charge < -0.3 is 10.2 Å². The Morgan fingerprint density at radius 3 is 2.64 bits per heavy atom. The summed E-state index contributed by atoms with van der Waals surface area (Å²) in [6.45, 7) is 2.77. The lowest BCUT2D eigenvalue weighted by Crippen LogP contribution is -2.38. The quantitative estimate of drug-likeness (QED) is 0.851. The molecule has 0 unspecified atom stereocenters. The van der Waals surface area contributed by atoms with Gasteiger partial charge in [-0.1, -0.05) is 30.7 Å². The largest absolute Gasteiger partial charge is 0.326 e. The van der Waals surface area contributed by atoms with E-state index in [0.29, 0.717) is 22.5 Å². The molecule has 1 heterocycles. The van der Waals surface area contributed by atoms with E-state index in [2.05, 4.69) is 12.2 Å². The molecule has 2 amide bonds. The van der Waals surface area contributed by atoms with Crippen molar-refractivity contribution in [2.24, 2.45) is 0 Å². The number of hydrogen-bond acceptors (Lipinski definition) is 3. The minimum absolute atomic E-state index is 0.0224. The zero-order valence-electron chi connectivity index (χ0n) is 13.9. The fraction of sp³-hybridized carbons (Fsp3) is 0.263. The number of halogens is 1. The number of nitrogens with zero attached hydrogens (tertiary/aromatic N) is 1. The molecule has 2 aromatic rings. The minimum Gasteiger partial charge on any atom is -0.326 e. The molecule has 0 radical (unpaired) electrons. The van der Waals surface area contributed by atoms with Gasteiger partial charge in [0.25, 0.3) is 0 Å². The van der Waals surface area contributed by atoms with E-state index in [1.165, 1.54) is 0 Å². The van der Waals surface area contributed by atoms with Crippen LogP contribution in [0.25, 0.3) is 0 Å². The zero-order chi connectivity index (χ0) is 17.8. The molecule has 1 aliphatic heterocycles. The number of para-hydroxylation sites is 1. The van der Waals surface area contributed by atoms with Gasteiger partial charge in [-0.25, -0.2) is 0 Å². The normalized spacial score (nSPS) is 16.2. The minimum atomic E-state index is -0.177. The number of amides is 2. The Morgan fingerprint density at radius 2 is 1.88 bits per heavy atom. The van der Waals surface area contributed by atoms with Crippen LogP contribution in [0.2, 0.25) is 5.02 Å². The molecule has 3 rings (SSSR count). The molecule has 1 atom stereocenters. The Hall–Kier alpha value is -1.98. The second-order valence-corrected chi connectivity index (χ2v) is 7.87. The Balaban J connectivity index is 1.59. The fourth-order valence-electron chi connectivity index (χ4n) is 2.74. The van der Waals surface area contributed by atoms with Crippen molar-refractivity contribution in [2.75, 3.05) is 16.8 Å². The first-order valence-corrected chi connectivity index (χ1v) is 9.40. The lowest BCUT2D eigenvalue weighted by atomic mass is 10.2. The van der Waals surface area contributed by atoms with E-state index in [-0.39, 0.29) is 24.7 Å². The van der Waals surface area contributed by atoms with Gasteiger partial charge in [-0.05, 0) is 36.4 Å². The number of thioether (sulfide) groups is 1. The Kier molecular flexibility index (Phi) is 5.66. The molecule has 0 spiro atoms. The number of fused-ring (bicyclic) bond motifs is 1. The molecule has 0 saturated carbocycles. The maximum absolute atomic E-state index is 12.6. The van der Waals surface area contributed by atoms with E-state index in [4.69, 9.17) is 11.6 Å². The molecule has 0 fully saturated rings. The van der Waals surface area contributed by atoms with Crippen LogP contribution in [0, 0.1) is 0 Å². The summed E-state index contributed by atoms with van der Waals surface area (Å²) in [5.41, 5.74) is 1.61. The molecular formula is C19H19ClN2O2S. The van der Waals surface area contributed by atoms with E-state index in [1.807, 2.05) is 24.3 Å². The van der Waals surface area contributed by atoms with Crippen molar-refractivity contribution in [3.63, 3.8) is 0 Å². The first kappa shape index (κ1) is 17.8. The number of hydrogen-bond donors (Lipinski definition) is 1.